The molecule has 0 saturated heterocycles. The Bertz CT molecular complexity index is 171. The molecule has 2 unspecified atom stereocenters. The molecule has 2 aliphatic rings. The first-order valence-corrected chi connectivity index (χ1v) is 8.18. The molecule has 2 atom stereocenters. The zero-order valence-corrected chi connectivity index (χ0v) is 12.1. The van der Waals surface area contributed by atoms with Gasteiger partial charge in [0.2, 0.25) is 0 Å². The van der Waals surface area contributed by atoms with Gasteiger partial charge < -0.3 is 0 Å². The normalized spacial score (nSPS) is 28.9. The van der Waals surface area contributed by atoms with Gasteiger partial charge in [0, 0.05) is 10.5 Å². The molecule has 0 bridgehead atoms. The standard InChI is InChI=1S/C14H26S2/c15-13(11-7-3-1-4-8-11)14(16)12-9-5-2-6-10-12/h11-16H,1-10H2. The highest BCUT2D eigenvalue weighted by Gasteiger charge is 2.31. The van der Waals surface area contributed by atoms with E-state index in [1.807, 2.05) is 0 Å². The lowest BCUT2D eigenvalue weighted by Crippen LogP contribution is -2.33. The van der Waals surface area contributed by atoms with Crippen LogP contribution in [0.15, 0.2) is 0 Å². The van der Waals surface area contributed by atoms with Gasteiger partial charge in [-0.15, -0.1) is 0 Å². The van der Waals surface area contributed by atoms with Gasteiger partial charge in [-0.25, -0.2) is 0 Å². The molecule has 0 nitrogen and oxygen atoms in total. The van der Waals surface area contributed by atoms with Gasteiger partial charge in [-0.1, -0.05) is 38.5 Å². The van der Waals surface area contributed by atoms with Crippen LogP contribution in [0, 0.1) is 11.8 Å². The van der Waals surface area contributed by atoms with Gasteiger partial charge in [0.25, 0.3) is 0 Å². The lowest BCUT2D eigenvalue weighted by atomic mass is 9.79. The van der Waals surface area contributed by atoms with Crippen LogP contribution in [0.1, 0.15) is 64.2 Å². The van der Waals surface area contributed by atoms with E-state index >= 15 is 0 Å². The van der Waals surface area contributed by atoms with E-state index in [0.717, 1.165) is 11.8 Å². The van der Waals surface area contributed by atoms with Crippen molar-refractivity contribution in [2.45, 2.75) is 74.7 Å². The van der Waals surface area contributed by atoms with Crippen molar-refractivity contribution in [3.05, 3.63) is 0 Å². The second-order valence-corrected chi connectivity index (χ2v) is 6.97. The first kappa shape index (κ1) is 13.1. The fourth-order valence-electron chi connectivity index (χ4n) is 3.51. The molecule has 2 aliphatic carbocycles. The molecule has 0 radical (unpaired) electrons. The van der Waals surface area contributed by atoms with Gasteiger partial charge in [0.15, 0.2) is 0 Å². The Hall–Kier alpha value is 0.700. The minimum absolute atomic E-state index is 0.548. The molecular formula is C14H26S2. The summed E-state index contributed by atoms with van der Waals surface area (Å²) in [5, 5.41) is 1.10. The van der Waals surface area contributed by atoms with Gasteiger partial charge in [-0.3, -0.25) is 0 Å². The molecule has 94 valence electrons. The highest BCUT2D eigenvalue weighted by Crippen LogP contribution is 2.38. The molecule has 16 heavy (non-hydrogen) atoms. The van der Waals surface area contributed by atoms with Crippen LogP contribution in [0.3, 0.4) is 0 Å². The van der Waals surface area contributed by atoms with Crippen LogP contribution in [0.4, 0.5) is 0 Å². The maximum atomic E-state index is 4.90. The molecule has 2 fully saturated rings. The Balaban J connectivity index is 1.84. The summed E-state index contributed by atoms with van der Waals surface area (Å²) in [6, 6.07) is 0. The Labute approximate surface area is 112 Å². The molecule has 2 saturated carbocycles. The minimum atomic E-state index is 0.548. The lowest BCUT2D eigenvalue weighted by molar-refractivity contribution is 0.290. The van der Waals surface area contributed by atoms with E-state index in [2.05, 4.69) is 0 Å². The first-order chi connectivity index (χ1) is 7.79. The molecule has 0 aromatic carbocycles. The van der Waals surface area contributed by atoms with Gasteiger partial charge >= 0.3 is 0 Å². The predicted molar refractivity (Wildman–Crippen MR) is 78.7 cm³/mol. The summed E-state index contributed by atoms with van der Waals surface area (Å²) in [7, 11) is 0. The molecule has 0 spiro atoms. The number of hydrogen-bond acceptors (Lipinski definition) is 2. The van der Waals surface area contributed by atoms with Crippen LogP contribution >= 0.6 is 25.3 Å². The molecule has 0 N–H and O–H groups in total. The van der Waals surface area contributed by atoms with Gasteiger partial charge in [-0.05, 0) is 37.5 Å². The zero-order valence-electron chi connectivity index (χ0n) is 10.3. The van der Waals surface area contributed by atoms with Crippen molar-refractivity contribution in [3.8, 4) is 0 Å². The lowest BCUT2D eigenvalue weighted by Gasteiger charge is -2.36. The third-order valence-electron chi connectivity index (χ3n) is 4.62. The molecule has 0 aliphatic heterocycles. The van der Waals surface area contributed by atoms with Crippen molar-refractivity contribution in [3.63, 3.8) is 0 Å². The Morgan fingerprint density at radius 1 is 0.562 bits per heavy atom. The zero-order chi connectivity index (χ0) is 11.4. The monoisotopic (exact) mass is 258 g/mol. The van der Waals surface area contributed by atoms with Crippen molar-refractivity contribution < 1.29 is 0 Å². The summed E-state index contributed by atoms with van der Waals surface area (Å²) in [5.41, 5.74) is 0. The minimum Gasteiger partial charge on any atom is -0.174 e. The predicted octanol–water partition coefficient (Wildman–Crippen LogP) is 4.74. The molecule has 0 aromatic heterocycles. The van der Waals surface area contributed by atoms with E-state index in [1.54, 1.807) is 0 Å². The SMILES string of the molecule is SC(C1CCCCC1)C(S)C1CCCCC1. The largest absolute Gasteiger partial charge is 0.174 e. The van der Waals surface area contributed by atoms with E-state index in [1.165, 1.54) is 64.2 Å². The Morgan fingerprint density at radius 2 is 0.875 bits per heavy atom. The van der Waals surface area contributed by atoms with Crippen LogP contribution < -0.4 is 0 Å². The average Bonchev–Trinajstić information content (AvgIpc) is 2.39. The van der Waals surface area contributed by atoms with Crippen LogP contribution in [0.5, 0.6) is 0 Å². The molecule has 2 heteroatoms. The van der Waals surface area contributed by atoms with Crippen LogP contribution in [0.25, 0.3) is 0 Å². The number of rotatable bonds is 3. The molecule has 0 amide bonds. The molecular weight excluding hydrogens is 232 g/mol. The van der Waals surface area contributed by atoms with Crippen LogP contribution in [-0.2, 0) is 0 Å². The van der Waals surface area contributed by atoms with E-state index in [4.69, 9.17) is 25.3 Å². The summed E-state index contributed by atoms with van der Waals surface area (Å²) in [4.78, 5) is 0. The average molecular weight is 258 g/mol. The maximum absolute atomic E-state index is 4.90. The summed E-state index contributed by atoms with van der Waals surface area (Å²) in [6.45, 7) is 0. The molecule has 2 rings (SSSR count). The van der Waals surface area contributed by atoms with E-state index in [0.29, 0.717) is 10.5 Å². The fraction of sp³-hybridized carbons (Fsp3) is 1.00. The van der Waals surface area contributed by atoms with E-state index in [-0.39, 0.29) is 0 Å². The fourth-order valence-corrected chi connectivity index (χ4v) is 4.59. The Kier molecular flexibility index (Phi) is 5.41. The summed E-state index contributed by atoms with van der Waals surface area (Å²) in [6.07, 6.45) is 14.2. The van der Waals surface area contributed by atoms with Crippen molar-refractivity contribution in [1.29, 1.82) is 0 Å². The van der Waals surface area contributed by atoms with Crippen LogP contribution in [-0.4, -0.2) is 10.5 Å². The van der Waals surface area contributed by atoms with Crippen molar-refractivity contribution in [2.75, 3.05) is 0 Å². The smallest absolute Gasteiger partial charge is 0.0164 e. The number of hydrogen-bond donors (Lipinski definition) is 2. The topological polar surface area (TPSA) is 0 Å². The Morgan fingerprint density at radius 3 is 1.19 bits per heavy atom. The maximum Gasteiger partial charge on any atom is 0.0164 e. The molecule has 0 heterocycles. The van der Waals surface area contributed by atoms with Gasteiger partial charge in [0.05, 0.1) is 0 Å². The van der Waals surface area contributed by atoms with Crippen LogP contribution in [0.2, 0.25) is 0 Å². The third-order valence-corrected chi connectivity index (χ3v) is 6.34. The van der Waals surface area contributed by atoms with E-state index < -0.39 is 0 Å². The summed E-state index contributed by atoms with van der Waals surface area (Å²) >= 11 is 9.80. The van der Waals surface area contributed by atoms with E-state index in [9.17, 15) is 0 Å². The summed E-state index contributed by atoms with van der Waals surface area (Å²) < 4.78 is 0. The van der Waals surface area contributed by atoms with Gasteiger partial charge in [-0.2, -0.15) is 25.3 Å². The second-order valence-electron chi connectivity index (χ2n) is 5.78. The van der Waals surface area contributed by atoms with Gasteiger partial charge in [0.1, 0.15) is 0 Å². The van der Waals surface area contributed by atoms with Crippen molar-refractivity contribution >= 4 is 25.3 Å². The van der Waals surface area contributed by atoms with Crippen molar-refractivity contribution in [2.24, 2.45) is 11.8 Å². The third kappa shape index (κ3) is 3.35. The highest BCUT2D eigenvalue weighted by molar-refractivity contribution is 7.85. The second kappa shape index (κ2) is 6.58. The quantitative estimate of drug-likeness (QED) is 0.671. The number of thiol groups is 2. The summed E-state index contributed by atoms with van der Waals surface area (Å²) in [5.74, 6) is 1.70. The molecule has 0 aromatic rings. The highest BCUT2D eigenvalue weighted by atomic mass is 32.1. The first-order valence-electron chi connectivity index (χ1n) is 7.15. The van der Waals surface area contributed by atoms with Crippen molar-refractivity contribution in [1.82, 2.24) is 0 Å².